The van der Waals surface area contributed by atoms with Crippen molar-refractivity contribution in [3.63, 3.8) is 0 Å². The van der Waals surface area contributed by atoms with Crippen LogP contribution in [0, 0.1) is 0 Å². The first-order valence-corrected chi connectivity index (χ1v) is 6.39. The fraction of sp³-hybridized carbons (Fsp3) is 0.571. The van der Waals surface area contributed by atoms with Gasteiger partial charge in [0.1, 0.15) is 12.4 Å². The second-order valence-electron chi connectivity index (χ2n) is 3.83. The van der Waals surface area contributed by atoms with Crippen molar-refractivity contribution in [2.75, 3.05) is 26.9 Å². The Balaban J connectivity index is 2.47. The van der Waals surface area contributed by atoms with E-state index in [1.165, 1.54) is 5.56 Å². The molecule has 0 unspecified atom stereocenters. The quantitative estimate of drug-likeness (QED) is 0.685. The molecule has 0 spiro atoms. The van der Waals surface area contributed by atoms with Gasteiger partial charge in [-0.1, -0.05) is 12.1 Å². The predicted octanol–water partition coefficient (Wildman–Crippen LogP) is 2.18. The molecule has 0 aliphatic rings. The normalized spacial score (nSPS) is 10.9. The Morgan fingerprint density at radius 2 is 1.89 bits per heavy atom. The van der Waals surface area contributed by atoms with E-state index in [-0.39, 0.29) is 6.29 Å². The smallest absolute Gasteiger partial charge is 0.191 e. The Bertz CT molecular complexity index is 325. The number of rotatable bonds is 9. The summed E-state index contributed by atoms with van der Waals surface area (Å²) >= 11 is 0. The third kappa shape index (κ3) is 5.49. The largest absolute Gasteiger partial charge is 0.488 e. The summed E-state index contributed by atoms with van der Waals surface area (Å²) in [4.78, 5) is 0. The lowest BCUT2D eigenvalue weighted by atomic mass is 10.2. The number of benzene rings is 1. The van der Waals surface area contributed by atoms with Crippen LogP contribution in [0.1, 0.15) is 19.4 Å². The van der Waals surface area contributed by atoms with E-state index in [0.29, 0.717) is 19.8 Å². The Morgan fingerprint density at radius 1 is 1.17 bits per heavy atom. The first-order valence-electron chi connectivity index (χ1n) is 6.39. The van der Waals surface area contributed by atoms with E-state index < -0.39 is 0 Å². The summed E-state index contributed by atoms with van der Waals surface area (Å²) < 4.78 is 16.5. The first kappa shape index (κ1) is 15.0. The Labute approximate surface area is 109 Å². The van der Waals surface area contributed by atoms with Crippen LogP contribution in [0.25, 0.3) is 0 Å². The van der Waals surface area contributed by atoms with E-state index in [2.05, 4.69) is 11.4 Å². The second-order valence-corrected chi connectivity index (χ2v) is 3.83. The highest BCUT2D eigenvalue weighted by atomic mass is 16.7. The summed E-state index contributed by atoms with van der Waals surface area (Å²) in [6.45, 7) is 6.36. The average molecular weight is 253 g/mol. The molecule has 0 aromatic heterocycles. The van der Waals surface area contributed by atoms with Crippen molar-refractivity contribution in [3.05, 3.63) is 29.8 Å². The van der Waals surface area contributed by atoms with Gasteiger partial charge in [0, 0.05) is 19.8 Å². The fourth-order valence-electron chi connectivity index (χ4n) is 1.63. The number of hydrogen-bond donors (Lipinski definition) is 1. The topological polar surface area (TPSA) is 39.7 Å². The van der Waals surface area contributed by atoms with Crippen LogP contribution in [-0.2, 0) is 16.0 Å². The Kier molecular flexibility index (Phi) is 7.41. The highest BCUT2D eigenvalue weighted by Gasteiger charge is 2.08. The summed E-state index contributed by atoms with van der Waals surface area (Å²) in [5.74, 6) is 0.840. The van der Waals surface area contributed by atoms with Crippen molar-refractivity contribution < 1.29 is 14.2 Å². The molecule has 4 nitrogen and oxygen atoms in total. The molecule has 0 amide bonds. The van der Waals surface area contributed by atoms with Gasteiger partial charge in [0.25, 0.3) is 0 Å². The van der Waals surface area contributed by atoms with Gasteiger partial charge in [-0.25, -0.2) is 0 Å². The van der Waals surface area contributed by atoms with Gasteiger partial charge in [-0.3, -0.25) is 0 Å². The van der Waals surface area contributed by atoms with E-state index in [1.54, 1.807) is 0 Å². The van der Waals surface area contributed by atoms with Crippen molar-refractivity contribution in [1.29, 1.82) is 0 Å². The lowest BCUT2D eigenvalue weighted by Crippen LogP contribution is -2.25. The third-order valence-corrected chi connectivity index (χ3v) is 2.37. The minimum atomic E-state index is -0.298. The van der Waals surface area contributed by atoms with Gasteiger partial charge in [0.05, 0.1) is 0 Å². The molecular formula is C14H23NO3. The molecule has 18 heavy (non-hydrogen) atoms. The van der Waals surface area contributed by atoms with Crippen LogP contribution < -0.4 is 10.1 Å². The minimum Gasteiger partial charge on any atom is -0.488 e. The zero-order valence-electron chi connectivity index (χ0n) is 11.4. The van der Waals surface area contributed by atoms with E-state index in [9.17, 15) is 0 Å². The maximum absolute atomic E-state index is 5.68. The molecule has 0 saturated carbocycles. The molecule has 1 aromatic carbocycles. The van der Waals surface area contributed by atoms with Gasteiger partial charge in [0.15, 0.2) is 6.29 Å². The highest BCUT2D eigenvalue weighted by Crippen LogP contribution is 2.14. The molecule has 0 aliphatic heterocycles. The lowest BCUT2D eigenvalue weighted by molar-refractivity contribution is -0.152. The summed E-state index contributed by atoms with van der Waals surface area (Å²) in [5, 5.41) is 3.11. The second kappa shape index (κ2) is 8.91. The molecule has 0 radical (unpaired) electrons. The first-order chi connectivity index (χ1) is 8.80. The van der Waals surface area contributed by atoms with Crippen LogP contribution in [0.4, 0.5) is 0 Å². The monoisotopic (exact) mass is 253 g/mol. The van der Waals surface area contributed by atoms with Crippen molar-refractivity contribution in [2.24, 2.45) is 0 Å². The molecule has 0 atom stereocenters. The lowest BCUT2D eigenvalue weighted by Gasteiger charge is -2.17. The zero-order chi connectivity index (χ0) is 13.2. The maximum atomic E-state index is 5.68. The summed E-state index contributed by atoms with van der Waals surface area (Å²) in [6.07, 6.45) is -0.298. The van der Waals surface area contributed by atoms with Crippen LogP contribution in [0.5, 0.6) is 5.75 Å². The van der Waals surface area contributed by atoms with Gasteiger partial charge >= 0.3 is 0 Å². The average Bonchev–Trinajstić information content (AvgIpc) is 2.37. The van der Waals surface area contributed by atoms with E-state index in [0.717, 1.165) is 12.3 Å². The van der Waals surface area contributed by atoms with Crippen LogP contribution in [0.2, 0.25) is 0 Å². The molecule has 1 rings (SSSR count). The van der Waals surface area contributed by atoms with Gasteiger partial charge < -0.3 is 19.5 Å². The standard InChI is InChI=1S/C14H23NO3/c1-4-16-14(17-5-2)11-18-13-8-6-7-12(9-13)10-15-3/h6-9,14-15H,4-5,10-11H2,1-3H3. The zero-order valence-corrected chi connectivity index (χ0v) is 11.4. The molecule has 0 aliphatic carbocycles. The van der Waals surface area contributed by atoms with Gasteiger partial charge in [0.2, 0.25) is 0 Å². The molecular weight excluding hydrogens is 230 g/mol. The number of hydrogen-bond acceptors (Lipinski definition) is 4. The highest BCUT2D eigenvalue weighted by molar-refractivity contribution is 5.28. The van der Waals surface area contributed by atoms with Gasteiger partial charge in [-0.2, -0.15) is 0 Å². The molecule has 4 heteroatoms. The third-order valence-electron chi connectivity index (χ3n) is 2.37. The summed E-state index contributed by atoms with van der Waals surface area (Å²) in [7, 11) is 1.92. The molecule has 0 bridgehead atoms. The predicted molar refractivity (Wildman–Crippen MR) is 71.7 cm³/mol. The van der Waals surface area contributed by atoms with Crippen LogP contribution in [0.15, 0.2) is 24.3 Å². The fourth-order valence-corrected chi connectivity index (χ4v) is 1.63. The number of ether oxygens (including phenoxy) is 3. The molecule has 1 N–H and O–H groups in total. The molecule has 0 heterocycles. The molecule has 0 fully saturated rings. The van der Waals surface area contributed by atoms with Crippen LogP contribution in [0.3, 0.4) is 0 Å². The van der Waals surface area contributed by atoms with Crippen LogP contribution >= 0.6 is 0 Å². The van der Waals surface area contributed by atoms with Crippen LogP contribution in [-0.4, -0.2) is 33.2 Å². The SMILES string of the molecule is CCOC(COc1cccc(CNC)c1)OCC. The number of nitrogens with one attached hydrogen (secondary N) is 1. The summed E-state index contributed by atoms with van der Waals surface area (Å²) in [6, 6.07) is 8.00. The van der Waals surface area contributed by atoms with Gasteiger partial charge in [-0.05, 0) is 38.6 Å². The maximum Gasteiger partial charge on any atom is 0.191 e. The van der Waals surface area contributed by atoms with E-state index in [4.69, 9.17) is 14.2 Å². The van der Waals surface area contributed by atoms with Crippen molar-refractivity contribution in [2.45, 2.75) is 26.7 Å². The van der Waals surface area contributed by atoms with E-state index >= 15 is 0 Å². The summed E-state index contributed by atoms with van der Waals surface area (Å²) in [5.41, 5.74) is 1.19. The Hall–Kier alpha value is -1.10. The van der Waals surface area contributed by atoms with E-state index in [1.807, 2.05) is 39.1 Å². The molecule has 0 saturated heterocycles. The van der Waals surface area contributed by atoms with Gasteiger partial charge in [-0.15, -0.1) is 0 Å². The minimum absolute atomic E-state index is 0.298. The van der Waals surface area contributed by atoms with Crippen molar-refractivity contribution in [1.82, 2.24) is 5.32 Å². The molecule has 102 valence electrons. The Morgan fingerprint density at radius 3 is 2.50 bits per heavy atom. The van der Waals surface area contributed by atoms with Crippen molar-refractivity contribution >= 4 is 0 Å². The molecule has 1 aromatic rings. The van der Waals surface area contributed by atoms with Crippen molar-refractivity contribution in [3.8, 4) is 5.75 Å².